The minimum absolute atomic E-state index is 0.213. The first-order valence-corrected chi connectivity index (χ1v) is 10.9. The fraction of sp³-hybridized carbons (Fsp3) is 0.0952. The van der Waals surface area contributed by atoms with Gasteiger partial charge in [-0.3, -0.25) is 9.69 Å². The molecular weight excluding hydrogens is 426 g/mol. The number of aryl methyl sites for hydroxylation is 1. The molecule has 5 aromatic rings. The summed E-state index contributed by atoms with van der Waals surface area (Å²) in [5.74, 6) is 0.456. The van der Waals surface area contributed by atoms with Gasteiger partial charge in [-0.25, -0.2) is 9.97 Å². The monoisotopic (exact) mass is 439 g/mol. The lowest BCUT2D eigenvalue weighted by Crippen LogP contribution is -2.30. The number of benzene rings is 2. The number of hydrogen-bond donors (Lipinski definition) is 0. The zero-order valence-corrected chi connectivity index (χ0v) is 17.6. The smallest absolute Gasteiger partial charge is 0.289 e. The van der Waals surface area contributed by atoms with E-state index >= 15 is 0 Å². The fourth-order valence-corrected chi connectivity index (χ4v) is 5.30. The Hall–Kier alpha value is -2.74. The molecule has 1 amide bonds. The molecule has 8 heteroatoms. The second-order valence-electron chi connectivity index (χ2n) is 6.50. The van der Waals surface area contributed by atoms with Crippen molar-refractivity contribution in [3.63, 3.8) is 0 Å². The van der Waals surface area contributed by atoms with Gasteiger partial charge in [-0.2, -0.15) is 0 Å². The lowest BCUT2D eigenvalue weighted by Gasteiger charge is -2.17. The molecular formula is C21H14ClN3O2S2. The van der Waals surface area contributed by atoms with Crippen LogP contribution >= 0.6 is 34.3 Å². The molecule has 0 N–H and O–H groups in total. The number of fused-ring (bicyclic) bond motifs is 2. The average molecular weight is 440 g/mol. The summed E-state index contributed by atoms with van der Waals surface area (Å²) < 4.78 is 7.33. The molecule has 5 nitrogen and oxygen atoms in total. The maximum absolute atomic E-state index is 13.5. The first-order chi connectivity index (χ1) is 14.1. The zero-order chi connectivity index (χ0) is 20.0. The minimum atomic E-state index is -0.213. The highest BCUT2D eigenvalue weighted by Gasteiger charge is 2.26. The molecule has 0 aliphatic carbocycles. The van der Waals surface area contributed by atoms with Crippen LogP contribution in [0.3, 0.4) is 0 Å². The Bertz CT molecular complexity index is 1270. The van der Waals surface area contributed by atoms with Crippen LogP contribution in [0.5, 0.6) is 0 Å². The number of carbonyl (C=O) groups excluding carboxylic acids is 1. The molecule has 0 bridgehead atoms. The van der Waals surface area contributed by atoms with Gasteiger partial charge in [-0.1, -0.05) is 41.1 Å². The first-order valence-electron chi connectivity index (χ1n) is 8.85. The number of amides is 1. The van der Waals surface area contributed by atoms with Gasteiger partial charge in [0.1, 0.15) is 5.76 Å². The maximum Gasteiger partial charge on any atom is 0.289 e. The molecule has 0 fully saturated rings. The number of halogens is 1. The number of furan rings is 1. The molecule has 0 saturated carbocycles. The zero-order valence-electron chi connectivity index (χ0n) is 15.3. The molecule has 0 atom stereocenters. The quantitative estimate of drug-likeness (QED) is 0.329. The van der Waals surface area contributed by atoms with E-state index in [1.54, 1.807) is 17.2 Å². The molecule has 0 spiro atoms. The van der Waals surface area contributed by atoms with Crippen molar-refractivity contribution < 1.29 is 9.21 Å². The first kappa shape index (κ1) is 18.3. The van der Waals surface area contributed by atoms with E-state index in [1.165, 1.54) is 22.7 Å². The predicted molar refractivity (Wildman–Crippen MR) is 118 cm³/mol. The van der Waals surface area contributed by atoms with Crippen molar-refractivity contribution in [3.05, 3.63) is 76.1 Å². The molecule has 0 aliphatic heterocycles. The van der Waals surface area contributed by atoms with Crippen molar-refractivity contribution in [2.75, 3.05) is 4.90 Å². The topological polar surface area (TPSA) is 59.2 Å². The Morgan fingerprint density at radius 3 is 2.72 bits per heavy atom. The van der Waals surface area contributed by atoms with Crippen LogP contribution in [0, 0.1) is 6.92 Å². The van der Waals surface area contributed by atoms with Gasteiger partial charge in [0.25, 0.3) is 5.91 Å². The Morgan fingerprint density at radius 1 is 1.10 bits per heavy atom. The van der Waals surface area contributed by atoms with E-state index < -0.39 is 0 Å². The van der Waals surface area contributed by atoms with Crippen LogP contribution in [-0.4, -0.2) is 15.9 Å². The second-order valence-corrected chi connectivity index (χ2v) is 8.91. The van der Waals surface area contributed by atoms with Gasteiger partial charge in [-0.05, 0) is 42.8 Å². The van der Waals surface area contributed by atoms with Crippen molar-refractivity contribution in [1.82, 2.24) is 9.97 Å². The number of nitrogens with zero attached hydrogens (tertiary/aromatic N) is 3. The van der Waals surface area contributed by atoms with Crippen molar-refractivity contribution >= 4 is 65.7 Å². The molecule has 0 unspecified atom stereocenters. The third-order valence-corrected chi connectivity index (χ3v) is 7.10. The summed E-state index contributed by atoms with van der Waals surface area (Å²) in [6.45, 7) is 2.24. The van der Waals surface area contributed by atoms with E-state index in [-0.39, 0.29) is 12.5 Å². The van der Waals surface area contributed by atoms with Crippen LogP contribution in [-0.2, 0) is 6.54 Å². The maximum atomic E-state index is 13.5. The normalized spacial score (nSPS) is 11.4. The van der Waals surface area contributed by atoms with Crippen molar-refractivity contribution in [2.24, 2.45) is 0 Å². The molecule has 5 rings (SSSR count). The molecule has 3 heterocycles. The number of para-hydroxylation sites is 1. The van der Waals surface area contributed by atoms with Crippen LogP contribution in [0.25, 0.3) is 20.4 Å². The van der Waals surface area contributed by atoms with Crippen LogP contribution in [0.4, 0.5) is 5.13 Å². The number of carbonyl (C=O) groups is 1. The highest BCUT2D eigenvalue weighted by atomic mass is 35.5. The third-order valence-electron chi connectivity index (χ3n) is 4.53. The summed E-state index contributed by atoms with van der Waals surface area (Å²) in [6.07, 6.45) is 1.59. The summed E-state index contributed by atoms with van der Waals surface area (Å²) in [4.78, 5) is 24.3. The van der Waals surface area contributed by atoms with E-state index in [4.69, 9.17) is 21.0 Å². The molecule has 29 heavy (non-hydrogen) atoms. The van der Waals surface area contributed by atoms with Gasteiger partial charge in [0, 0.05) is 0 Å². The summed E-state index contributed by atoms with van der Waals surface area (Å²) in [5, 5.41) is 1.61. The molecule has 144 valence electrons. The van der Waals surface area contributed by atoms with Gasteiger partial charge >= 0.3 is 0 Å². The average Bonchev–Trinajstić information content (AvgIpc) is 3.47. The number of rotatable bonds is 4. The van der Waals surface area contributed by atoms with Crippen LogP contribution in [0.15, 0.2) is 59.2 Å². The van der Waals surface area contributed by atoms with E-state index in [0.29, 0.717) is 20.9 Å². The number of anilines is 1. The highest BCUT2D eigenvalue weighted by molar-refractivity contribution is 7.23. The van der Waals surface area contributed by atoms with Crippen LogP contribution in [0.1, 0.15) is 21.1 Å². The number of thiazole rings is 2. The van der Waals surface area contributed by atoms with Gasteiger partial charge < -0.3 is 4.42 Å². The Balaban J connectivity index is 1.62. The Kier molecular flexibility index (Phi) is 4.58. The predicted octanol–water partition coefficient (Wildman–Crippen LogP) is 6.31. The number of aromatic nitrogens is 2. The van der Waals surface area contributed by atoms with Gasteiger partial charge in [0.15, 0.2) is 10.1 Å². The van der Waals surface area contributed by atoms with Crippen LogP contribution in [0.2, 0.25) is 5.02 Å². The van der Waals surface area contributed by atoms with E-state index in [0.717, 1.165) is 26.0 Å². The SMILES string of the molecule is Cc1ccc(Cl)c2sc(N(Cc3ccco3)C(=O)c3nc4ccccc4s3)nc12. The van der Waals surface area contributed by atoms with Crippen molar-refractivity contribution in [2.45, 2.75) is 13.5 Å². The molecule has 0 saturated heterocycles. The summed E-state index contributed by atoms with van der Waals surface area (Å²) in [6, 6.07) is 15.1. The van der Waals surface area contributed by atoms with Crippen molar-refractivity contribution in [1.29, 1.82) is 0 Å². The largest absolute Gasteiger partial charge is 0.467 e. The summed E-state index contributed by atoms with van der Waals surface area (Å²) in [5.41, 5.74) is 2.62. The van der Waals surface area contributed by atoms with Gasteiger partial charge in [0.2, 0.25) is 0 Å². The van der Waals surface area contributed by atoms with Crippen LogP contribution < -0.4 is 4.90 Å². The number of hydrogen-bond acceptors (Lipinski definition) is 6. The third kappa shape index (κ3) is 3.31. The second kappa shape index (κ2) is 7.26. The molecule has 0 aliphatic rings. The Labute approximate surface area is 179 Å². The fourth-order valence-electron chi connectivity index (χ4n) is 3.07. The summed E-state index contributed by atoms with van der Waals surface area (Å²) >= 11 is 9.15. The minimum Gasteiger partial charge on any atom is -0.467 e. The van der Waals surface area contributed by atoms with Crippen molar-refractivity contribution in [3.8, 4) is 0 Å². The highest BCUT2D eigenvalue weighted by Crippen LogP contribution is 2.37. The Morgan fingerprint density at radius 2 is 1.97 bits per heavy atom. The lowest BCUT2D eigenvalue weighted by molar-refractivity contribution is 0.0983. The summed E-state index contributed by atoms with van der Waals surface area (Å²) in [7, 11) is 0. The standard InChI is InChI=1S/C21H14ClN3O2S2/c1-12-8-9-14(22)18-17(12)24-21(29-18)25(11-13-5-4-10-27-13)20(26)19-23-15-6-2-3-7-16(15)28-19/h2-10H,11H2,1H3. The molecule has 0 radical (unpaired) electrons. The van der Waals surface area contributed by atoms with Gasteiger partial charge in [0.05, 0.1) is 38.3 Å². The molecule has 2 aromatic carbocycles. The van der Waals surface area contributed by atoms with Gasteiger partial charge in [-0.15, -0.1) is 11.3 Å². The van der Waals surface area contributed by atoms with E-state index in [1.807, 2.05) is 49.4 Å². The van der Waals surface area contributed by atoms with E-state index in [2.05, 4.69) is 4.98 Å². The lowest BCUT2D eigenvalue weighted by atomic mass is 10.2. The van der Waals surface area contributed by atoms with E-state index in [9.17, 15) is 4.79 Å². The molecule has 3 aromatic heterocycles.